The van der Waals surface area contributed by atoms with E-state index in [0.29, 0.717) is 6.42 Å². The summed E-state index contributed by atoms with van der Waals surface area (Å²) < 4.78 is 5.45. The first-order chi connectivity index (χ1) is 13.6. The number of aliphatic hydroxyl groups is 2. The molecule has 1 aromatic rings. The average molecular weight is 399 g/mol. The van der Waals surface area contributed by atoms with Gasteiger partial charge < -0.3 is 25.8 Å². The molecule has 3 aliphatic rings. The third kappa shape index (κ3) is 2.32. The van der Waals surface area contributed by atoms with Crippen LogP contribution in [0.5, 0.6) is 5.75 Å². The van der Waals surface area contributed by atoms with Crippen LogP contribution in [-0.2, 0) is 25.5 Å². The van der Waals surface area contributed by atoms with Crippen molar-refractivity contribution < 1.29 is 34.4 Å². The molecule has 0 unspecified atom stereocenters. The van der Waals surface area contributed by atoms with Crippen molar-refractivity contribution in [3.8, 4) is 5.75 Å². The highest BCUT2D eigenvalue weighted by Gasteiger charge is 2.61. The van der Waals surface area contributed by atoms with Gasteiger partial charge in [0.05, 0.1) is 5.56 Å². The van der Waals surface area contributed by atoms with Gasteiger partial charge in [0.2, 0.25) is 5.78 Å². The van der Waals surface area contributed by atoms with E-state index in [-0.39, 0.29) is 35.5 Å². The van der Waals surface area contributed by atoms with Gasteiger partial charge in [0.1, 0.15) is 22.8 Å². The van der Waals surface area contributed by atoms with Crippen molar-refractivity contribution in [3.63, 3.8) is 0 Å². The van der Waals surface area contributed by atoms with Crippen molar-refractivity contribution in [1.29, 1.82) is 0 Å². The van der Waals surface area contributed by atoms with E-state index in [9.17, 15) is 29.7 Å². The zero-order valence-electron chi connectivity index (χ0n) is 16.0. The number of phenolic OH excluding ortho intramolecular Hbond substituents is 1. The van der Waals surface area contributed by atoms with Gasteiger partial charge in [-0.2, -0.15) is 0 Å². The molecule has 0 heterocycles. The van der Waals surface area contributed by atoms with Crippen LogP contribution >= 0.6 is 0 Å². The molecule has 152 valence electrons. The molecule has 1 amide bonds. The molecule has 1 fully saturated rings. The monoisotopic (exact) mass is 399 g/mol. The molecule has 0 radical (unpaired) electrons. The number of aromatic hydroxyl groups is 1. The highest BCUT2D eigenvalue weighted by molar-refractivity contribution is 6.22. The molecule has 3 aliphatic carbocycles. The number of phenols is 1. The van der Waals surface area contributed by atoms with Crippen molar-refractivity contribution in [2.24, 2.45) is 17.6 Å². The summed E-state index contributed by atoms with van der Waals surface area (Å²) in [6, 6.07) is 3.17. The van der Waals surface area contributed by atoms with E-state index < -0.39 is 46.2 Å². The number of hydrogen-bond donors (Lipinski definition) is 4. The van der Waals surface area contributed by atoms with E-state index in [1.54, 1.807) is 6.07 Å². The smallest absolute Gasteiger partial charge is 0.255 e. The summed E-state index contributed by atoms with van der Waals surface area (Å²) in [7, 11) is 1.20. The van der Waals surface area contributed by atoms with Crippen molar-refractivity contribution in [2.75, 3.05) is 7.11 Å². The molecular weight excluding hydrogens is 378 g/mol. The Hall–Kier alpha value is -3.13. The lowest BCUT2D eigenvalue weighted by Gasteiger charge is -2.48. The zero-order chi connectivity index (χ0) is 21.2. The Balaban J connectivity index is 1.98. The molecule has 29 heavy (non-hydrogen) atoms. The number of amides is 1. The molecule has 0 aromatic heterocycles. The minimum absolute atomic E-state index is 0.0150. The maximum Gasteiger partial charge on any atom is 0.255 e. The second kappa shape index (κ2) is 6.18. The summed E-state index contributed by atoms with van der Waals surface area (Å²) >= 11 is 0. The van der Waals surface area contributed by atoms with Gasteiger partial charge in [0.25, 0.3) is 5.91 Å². The number of primary amides is 1. The first kappa shape index (κ1) is 19.2. The Labute approximate surface area is 166 Å². The maximum atomic E-state index is 13.6. The molecule has 4 rings (SSSR count). The van der Waals surface area contributed by atoms with Crippen LogP contribution in [0.3, 0.4) is 0 Å². The number of aryl methyl sites for hydroxylation is 1. The number of ether oxygens (including phenoxy) is 1. The van der Waals surface area contributed by atoms with Crippen LogP contribution in [0.2, 0.25) is 0 Å². The average Bonchev–Trinajstić information content (AvgIpc) is 2.64. The fourth-order valence-corrected chi connectivity index (χ4v) is 5.11. The van der Waals surface area contributed by atoms with E-state index in [1.165, 1.54) is 13.2 Å². The molecule has 1 aromatic carbocycles. The predicted molar refractivity (Wildman–Crippen MR) is 101 cm³/mol. The number of benzene rings is 1. The third-order valence-electron chi connectivity index (χ3n) is 6.47. The summed E-state index contributed by atoms with van der Waals surface area (Å²) in [5, 5.41) is 32.0. The molecule has 0 bridgehead atoms. The molecule has 0 aliphatic heterocycles. The fraction of sp³-hybridized carbons (Fsp3) is 0.381. The fourth-order valence-electron chi connectivity index (χ4n) is 5.11. The molecule has 0 spiro atoms. The van der Waals surface area contributed by atoms with Crippen LogP contribution < -0.4 is 5.73 Å². The largest absolute Gasteiger partial charge is 0.508 e. The van der Waals surface area contributed by atoms with Gasteiger partial charge >= 0.3 is 0 Å². The number of carbonyl (C=O) groups excluding carboxylic acids is 3. The quantitative estimate of drug-likeness (QED) is 0.549. The van der Waals surface area contributed by atoms with E-state index in [2.05, 4.69) is 0 Å². The third-order valence-corrected chi connectivity index (χ3v) is 6.47. The van der Waals surface area contributed by atoms with Gasteiger partial charge in [0.15, 0.2) is 11.4 Å². The Kier molecular flexibility index (Phi) is 4.09. The lowest BCUT2D eigenvalue weighted by Crippen LogP contribution is -2.59. The summed E-state index contributed by atoms with van der Waals surface area (Å²) in [4.78, 5) is 37.7. The molecule has 8 heteroatoms. The minimum Gasteiger partial charge on any atom is -0.508 e. The maximum absolute atomic E-state index is 13.6. The zero-order valence-corrected chi connectivity index (χ0v) is 16.0. The van der Waals surface area contributed by atoms with Gasteiger partial charge in [-0.25, -0.2) is 0 Å². The minimum atomic E-state index is -1.98. The van der Waals surface area contributed by atoms with Crippen molar-refractivity contribution in [3.05, 3.63) is 45.7 Å². The summed E-state index contributed by atoms with van der Waals surface area (Å²) in [6.07, 6.45) is 0.478. The molecule has 3 atom stereocenters. The SMILES string of the molecule is CO[C@]12C(=O)C3=C(O)c4c(O)ccc(C)c4C[C@H]3C[C@H]1CC(=O)C(C(N)=O)=C2O. The second-order valence-electron chi connectivity index (χ2n) is 7.84. The number of ketones is 2. The number of methoxy groups -OCH3 is 1. The van der Waals surface area contributed by atoms with Crippen LogP contribution in [0.1, 0.15) is 29.5 Å². The normalized spacial score (nSPS) is 28.8. The summed E-state index contributed by atoms with van der Waals surface area (Å²) in [6.45, 7) is 1.85. The van der Waals surface area contributed by atoms with Crippen LogP contribution in [-0.4, -0.2) is 45.5 Å². The van der Waals surface area contributed by atoms with Crippen molar-refractivity contribution >= 4 is 23.2 Å². The number of Topliss-reactive ketones (excluding diaryl/α,β-unsaturated/α-hetero) is 2. The Bertz CT molecular complexity index is 1050. The molecule has 8 nitrogen and oxygen atoms in total. The van der Waals surface area contributed by atoms with Crippen LogP contribution in [0.15, 0.2) is 29.0 Å². The van der Waals surface area contributed by atoms with Crippen molar-refractivity contribution in [1.82, 2.24) is 0 Å². The number of aliphatic hydroxyl groups excluding tert-OH is 2. The topological polar surface area (TPSA) is 147 Å². The molecule has 1 saturated carbocycles. The van der Waals surface area contributed by atoms with Gasteiger partial charge in [0, 0.05) is 25.0 Å². The van der Waals surface area contributed by atoms with E-state index in [0.717, 1.165) is 11.1 Å². The van der Waals surface area contributed by atoms with Crippen LogP contribution in [0.4, 0.5) is 0 Å². The van der Waals surface area contributed by atoms with E-state index >= 15 is 0 Å². The first-order valence-corrected chi connectivity index (χ1v) is 9.26. The summed E-state index contributed by atoms with van der Waals surface area (Å²) in [5.41, 5.74) is 4.41. The lowest BCUT2D eigenvalue weighted by atomic mass is 9.59. The Morgan fingerprint density at radius 3 is 2.52 bits per heavy atom. The van der Waals surface area contributed by atoms with Gasteiger partial charge in [-0.05, 0) is 42.9 Å². The van der Waals surface area contributed by atoms with Gasteiger partial charge in [-0.1, -0.05) is 6.07 Å². The standard InChI is InChI=1S/C21H21NO7/c1-8-3-4-12(23)15-11(8)6-9-5-10-7-13(24)16(20(22)28)19(27)21(10,29-2)18(26)14(9)17(15)25/h3-4,9-10,23,25,27H,5-7H2,1-2H3,(H2,22,28)/t9-,10+,21+/m1/s1. The van der Waals surface area contributed by atoms with Crippen LogP contribution in [0, 0.1) is 18.8 Å². The highest BCUT2D eigenvalue weighted by Crippen LogP contribution is 2.53. The van der Waals surface area contributed by atoms with Crippen molar-refractivity contribution in [2.45, 2.75) is 31.8 Å². The van der Waals surface area contributed by atoms with Gasteiger partial charge in [-0.15, -0.1) is 0 Å². The highest BCUT2D eigenvalue weighted by atomic mass is 16.5. The molecule has 0 saturated heterocycles. The van der Waals surface area contributed by atoms with Crippen LogP contribution in [0.25, 0.3) is 5.76 Å². The number of carbonyl (C=O) groups is 3. The molecular formula is C21H21NO7. The summed E-state index contributed by atoms with van der Waals surface area (Å²) in [5.74, 6) is -4.98. The van der Waals surface area contributed by atoms with E-state index in [4.69, 9.17) is 10.5 Å². The number of rotatable bonds is 2. The Morgan fingerprint density at radius 2 is 1.90 bits per heavy atom. The number of nitrogens with two attached hydrogens (primary N) is 1. The molecule has 5 N–H and O–H groups in total. The predicted octanol–water partition coefficient (Wildman–Crippen LogP) is 1.39. The first-order valence-electron chi connectivity index (χ1n) is 9.26. The second-order valence-corrected chi connectivity index (χ2v) is 7.84. The lowest BCUT2D eigenvalue weighted by molar-refractivity contribution is -0.153. The number of fused-ring (bicyclic) bond motifs is 3. The Morgan fingerprint density at radius 1 is 1.21 bits per heavy atom. The van der Waals surface area contributed by atoms with E-state index in [1.807, 2.05) is 6.92 Å². The van der Waals surface area contributed by atoms with Gasteiger partial charge in [-0.3, -0.25) is 14.4 Å². The number of hydrogen-bond acceptors (Lipinski definition) is 7.